The fourth-order valence-electron chi connectivity index (χ4n) is 4.02. The van der Waals surface area contributed by atoms with Gasteiger partial charge in [0, 0.05) is 13.6 Å². The summed E-state index contributed by atoms with van der Waals surface area (Å²) in [6.07, 6.45) is 6.18. The molecule has 2 aliphatic rings. The summed E-state index contributed by atoms with van der Waals surface area (Å²) in [4.78, 5) is 23.7. The number of hydrogen-bond donors (Lipinski definition) is 1. The maximum absolute atomic E-state index is 12.9. The molecular formula is C20H25ClN6O. The summed E-state index contributed by atoms with van der Waals surface area (Å²) in [5, 5.41) is 7.75. The Bertz CT molecular complexity index is 878. The van der Waals surface area contributed by atoms with Crippen LogP contribution in [0.3, 0.4) is 0 Å². The lowest BCUT2D eigenvalue weighted by molar-refractivity contribution is 0.191. The lowest BCUT2D eigenvalue weighted by atomic mass is 10.2. The topological polar surface area (TPSA) is 64.6 Å². The largest absolute Gasteiger partial charge is 0.343 e. The molecule has 2 aromatic rings. The van der Waals surface area contributed by atoms with E-state index in [0.29, 0.717) is 17.5 Å². The maximum Gasteiger partial charge on any atom is 0.343 e. The molecule has 28 heavy (non-hydrogen) atoms. The maximum atomic E-state index is 12.9. The molecular weight excluding hydrogens is 376 g/mol. The molecule has 2 amide bonds. The second kappa shape index (κ2) is 7.47. The first-order valence-electron chi connectivity index (χ1n) is 9.74. The van der Waals surface area contributed by atoms with Gasteiger partial charge in [0.05, 0.1) is 22.9 Å². The minimum absolute atomic E-state index is 0.0480. The average Bonchev–Trinajstić information content (AvgIpc) is 3.21. The smallest absolute Gasteiger partial charge is 0.323 e. The average molecular weight is 401 g/mol. The fraction of sp³-hybridized carbons (Fsp3) is 0.450. The molecule has 0 saturated heterocycles. The van der Waals surface area contributed by atoms with Crippen molar-refractivity contribution in [2.45, 2.75) is 45.6 Å². The van der Waals surface area contributed by atoms with Crippen LogP contribution in [0.4, 0.5) is 27.9 Å². The summed E-state index contributed by atoms with van der Waals surface area (Å²) in [5.74, 6) is 1.23. The molecule has 8 heteroatoms. The Hall–Kier alpha value is -2.54. The number of urea groups is 1. The van der Waals surface area contributed by atoms with Gasteiger partial charge in [0.2, 0.25) is 5.95 Å². The summed E-state index contributed by atoms with van der Waals surface area (Å²) in [7, 11) is 1.77. The lowest BCUT2D eigenvalue weighted by Crippen LogP contribution is -2.59. The van der Waals surface area contributed by atoms with Crippen molar-refractivity contribution in [3.05, 3.63) is 35.0 Å². The van der Waals surface area contributed by atoms with E-state index in [4.69, 9.17) is 16.6 Å². The van der Waals surface area contributed by atoms with Crippen LogP contribution in [0.5, 0.6) is 0 Å². The SMILES string of the molecule is CCN1C(=O)N(C)c2cnc(Nc3c(C)cccc3Cl)nc2N1C1CCCC1. The first-order chi connectivity index (χ1) is 13.5. The Labute approximate surface area is 170 Å². The van der Waals surface area contributed by atoms with Crippen LogP contribution >= 0.6 is 11.6 Å². The number of carbonyl (C=O) groups is 1. The summed E-state index contributed by atoms with van der Waals surface area (Å²) < 4.78 is 0. The van der Waals surface area contributed by atoms with Crippen molar-refractivity contribution in [3.8, 4) is 0 Å². The molecule has 1 N–H and O–H groups in total. The molecule has 1 saturated carbocycles. The van der Waals surface area contributed by atoms with E-state index >= 15 is 0 Å². The molecule has 0 atom stereocenters. The number of rotatable bonds is 4. The van der Waals surface area contributed by atoms with Gasteiger partial charge in [-0.25, -0.2) is 14.8 Å². The molecule has 1 aromatic heterocycles. The van der Waals surface area contributed by atoms with Gasteiger partial charge in [-0.3, -0.25) is 9.91 Å². The van der Waals surface area contributed by atoms with Crippen LogP contribution in [0.15, 0.2) is 24.4 Å². The number of nitrogens with zero attached hydrogens (tertiary/aromatic N) is 5. The molecule has 1 aliphatic heterocycles. The van der Waals surface area contributed by atoms with E-state index in [1.807, 2.05) is 32.0 Å². The van der Waals surface area contributed by atoms with Gasteiger partial charge in [-0.15, -0.1) is 0 Å². The van der Waals surface area contributed by atoms with Crippen molar-refractivity contribution in [1.82, 2.24) is 15.0 Å². The van der Waals surface area contributed by atoms with E-state index in [0.717, 1.165) is 35.6 Å². The van der Waals surface area contributed by atoms with Crippen LogP contribution in [0.25, 0.3) is 0 Å². The molecule has 148 valence electrons. The van der Waals surface area contributed by atoms with Gasteiger partial charge in [0.25, 0.3) is 0 Å². The zero-order valence-corrected chi connectivity index (χ0v) is 17.2. The van der Waals surface area contributed by atoms with E-state index in [9.17, 15) is 4.79 Å². The van der Waals surface area contributed by atoms with Gasteiger partial charge >= 0.3 is 6.03 Å². The highest BCUT2D eigenvalue weighted by molar-refractivity contribution is 6.33. The third-order valence-electron chi connectivity index (χ3n) is 5.53. The number of aryl methyl sites for hydroxylation is 1. The normalized spacial score (nSPS) is 17.3. The predicted octanol–water partition coefficient (Wildman–Crippen LogP) is 4.74. The highest BCUT2D eigenvalue weighted by Crippen LogP contribution is 2.39. The Morgan fingerprint density at radius 2 is 2.04 bits per heavy atom. The first kappa shape index (κ1) is 18.8. The van der Waals surface area contributed by atoms with E-state index in [1.165, 1.54) is 12.8 Å². The lowest BCUT2D eigenvalue weighted by Gasteiger charge is -2.45. The third-order valence-corrected chi connectivity index (χ3v) is 5.84. The van der Waals surface area contributed by atoms with Gasteiger partial charge in [0.1, 0.15) is 5.69 Å². The van der Waals surface area contributed by atoms with Gasteiger partial charge in [0.15, 0.2) is 5.82 Å². The minimum atomic E-state index is -0.0480. The second-order valence-corrected chi connectivity index (χ2v) is 7.71. The molecule has 1 aliphatic carbocycles. The standard InChI is InChI=1S/C20H25ClN6O/c1-4-26-20(28)25(3)16-12-22-19(23-17-13(2)8-7-11-15(17)21)24-18(16)27(26)14-9-5-6-10-14/h7-8,11-12,14H,4-6,9-10H2,1-3H3,(H,22,23,24). The second-order valence-electron chi connectivity index (χ2n) is 7.30. The van der Waals surface area contributed by atoms with Crippen molar-refractivity contribution in [3.63, 3.8) is 0 Å². The zero-order chi connectivity index (χ0) is 19.8. The van der Waals surface area contributed by atoms with E-state index in [-0.39, 0.29) is 12.1 Å². The van der Waals surface area contributed by atoms with Gasteiger partial charge in [-0.2, -0.15) is 4.98 Å². The zero-order valence-electron chi connectivity index (χ0n) is 16.4. The number of para-hydroxylation sites is 1. The number of amides is 2. The molecule has 1 fully saturated rings. The van der Waals surface area contributed by atoms with Crippen LogP contribution < -0.4 is 15.2 Å². The number of hydrazine groups is 1. The number of nitrogens with one attached hydrogen (secondary N) is 1. The molecule has 0 bridgehead atoms. The Balaban J connectivity index is 1.76. The van der Waals surface area contributed by atoms with Crippen molar-refractivity contribution >= 4 is 40.8 Å². The van der Waals surface area contributed by atoms with Crippen LogP contribution in [-0.2, 0) is 0 Å². The van der Waals surface area contributed by atoms with Crippen molar-refractivity contribution in [2.75, 3.05) is 28.8 Å². The molecule has 1 aromatic carbocycles. The van der Waals surface area contributed by atoms with Crippen molar-refractivity contribution in [1.29, 1.82) is 0 Å². The fourth-order valence-corrected chi connectivity index (χ4v) is 4.29. The Morgan fingerprint density at radius 3 is 2.71 bits per heavy atom. The first-order valence-corrected chi connectivity index (χ1v) is 10.1. The quantitative estimate of drug-likeness (QED) is 0.803. The number of anilines is 4. The highest BCUT2D eigenvalue weighted by atomic mass is 35.5. The van der Waals surface area contributed by atoms with Crippen LogP contribution in [-0.4, -0.2) is 40.6 Å². The van der Waals surface area contributed by atoms with Crippen LogP contribution in [0.1, 0.15) is 38.2 Å². The predicted molar refractivity (Wildman–Crippen MR) is 112 cm³/mol. The van der Waals surface area contributed by atoms with E-state index < -0.39 is 0 Å². The van der Waals surface area contributed by atoms with Gasteiger partial charge in [-0.1, -0.05) is 36.6 Å². The summed E-state index contributed by atoms with van der Waals surface area (Å²) >= 11 is 6.35. The number of hydrogen-bond acceptors (Lipinski definition) is 5. The summed E-state index contributed by atoms with van der Waals surface area (Å²) in [5.41, 5.74) is 2.54. The van der Waals surface area contributed by atoms with Crippen LogP contribution in [0, 0.1) is 6.92 Å². The highest BCUT2D eigenvalue weighted by Gasteiger charge is 2.39. The Kier molecular flexibility index (Phi) is 5.02. The number of carbonyl (C=O) groups excluding carboxylic acids is 1. The molecule has 7 nitrogen and oxygen atoms in total. The molecule has 0 radical (unpaired) electrons. The Morgan fingerprint density at radius 1 is 1.29 bits per heavy atom. The van der Waals surface area contributed by atoms with Crippen molar-refractivity contribution in [2.24, 2.45) is 0 Å². The van der Waals surface area contributed by atoms with Gasteiger partial charge < -0.3 is 5.32 Å². The molecule has 2 heterocycles. The number of benzene rings is 1. The number of aromatic nitrogens is 2. The molecule has 0 unspecified atom stereocenters. The van der Waals surface area contributed by atoms with Crippen molar-refractivity contribution < 1.29 is 4.79 Å². The summed E-state index contributed by atoms with van der Waals surface area (Å²) in [6.45, 7) is 4.57. The minimum Gasteiger partial charge on any atom is -0.323 e. The van der Waals surface area contributed by atoms with Crippen LogP contribution in [0.2, 0.25) is 5.02 Å². The third kappa shape index (κ3) is 3.13. The number of halogens is 1. The van der Waals surface area contributed by atoms with E-state index in [1.54, 1.807) is 23.2 Å². The summed E-state index contributed by atoms with van der Waals surface area (Å²) in [6, 6.07) is 5.97. The van der Waals surface area contributed by atoms with Gasteiger partial charge in [-0.05, 0) is 38.3 Å². The molecule has 4 rings (SSSR count). The van der Waals surface area contributed by atoms with E-state index in [2.05, 4.69) is 15.3 Å². The monoisotopic (exact) mass is 400 g/mol. The molecule has 0 spiro atoms. The number of fused-ring (bicyclic) bond motifs is 1.